The number of carbonyl (C=O) groups excluding carboxylic acids is 2. The van der Waals surface area contributed by atoms with Crippen molar-refractivity contribution in [1.29, 1.82) is 0 Å². The second-order valence-electron chi connectivity index (χ2n) is 6.16. The number of nitrogens with zero attached hydrogens (tertiary/aromatic N) is 1. The first-order valence-electron chi connectivity index (χ1n) is 8.46. The van der Waals surface area contributed by atoms with E-state index in [0.717, 1.165) is 24.8 Å². The Kier molecular flexibility index (Phi) is 6.16. The van der Waals surface area contributed by atoms with Crippen molar-refractivity contribution < 1.29 is 9.59 Å². The van der Waals surface area contributed by atoms with Crippen molar-refractivity contribution in [3.05, 3.63) is 35.4 Å². The summed E-state index contributed by atoms with van der Waals surface area (Å²) in [5.74, 6) is 0.181. The molecule has 5 heteroatoms. The molecule has 0 bridgehead atoms. The van der Waals surface area contributed by atoms with Crippen LogP contribution in [-0.2, 0) is 11.3 Å². The molecule has 23 heavy (non-hydrogen) atoms. The number of rotatable bonds is 6. The fourth-order valence-corrected chi connectivity index (χ4v) is 3.05. The highest BCUT2D eigenvalue weighted by molar-refractivity contribution is 5.94. The average molecular weight is 317 g/mol. The van der Waals surface area contributed by atoms with Crippen LogP contribution in [0.25, 0.3) is 0 Å². The van der Waals surface area contributed by atoms with Crippen LogP contribution in [0.15, 0.2) is 24.3 Å². The topological polar surface area (TPSA) is 75.4 Å². The summed E-state index contributed by atoms with van der Waals surface area (Å²) in [5.41, 5.74) is 7.53. The standard InChI is InChI=1S/C18H27N3O2/c1-3-21(4-2)18(23)14-7-5-13(6-8-14)12-20-17(22)15-9-10-16(19)11-15/h5-8,15-16H,3-4,9-12,19H2,1-2H3,(H,20,22). The molecule has 5 nitrogen and oxygen atoms in total. The highest BCUT2D eigenvalue weighted by atomic mass is 16.2. The zero-order valence-corrected chi connectivity index (χ0v) is 14.0. The summed E-state index contributed by atoms with van der Waals surface area (Å²) in [4.78, 5) is 26.1. The third-order valence-corrected chi connectivity index (χ3v) is 4.56. The molecule has 2 atom stereocenters. The van der Waals surface area contributed by atoms with Gasteiger partial charge in [0.25, 0.3) is 5.91 Å². The van der Waals surface area contributed by atoms with Crippen LogP contribution in [0.2, 0.25) is 0 Å². The van der Waals surface area contributed by atoms with Gasteiger partial charge in [0, 0.05) is 37.2 Å². The smallest absolute Gasteiger partial charge is 0.253 e. The normalized spacial score (nSPS) is 20.3. The Balaban J connectivity index is 1.87. The second kappa shape index (κ2) is 8.11. The lowest BCUT2D eigenvalue weighted by atomic mass is 10.1. The van der Waals surface area contributed by atoms with Crippen molar-refractivity contribution in [2.24, 2.45) is 11.7 Å². The maximum Gasteiger partial charge on any atom is 0.253 e. The van der Waals surface area contributed by atoms with Gasteiger partial charge in [0.05, 0.1) is 0 Å². The minimum absolute atomic E-state index is 0.0468. The quantitative estimate of drug-likeness (QED) is 0.841. The molecule has 0 radical (unpaired) electrons. The summed E-state index contributed by atoms with van der Waals surface area (Å²) < 4.78 is 0. The predicted octanol–water partition coefficient (Wildman–Crippen LogP) is 1.91. The van der Waals surface area contributed by atoms with Crippen LogP contribution < -0.4 is 11.1 Å². The average Bonchev–Trinajstić information content (AvgIpc) is 3.00. The number of amides is 2. The number of benzene rings is 1. The van der Waals surface area contributed by atoms with Gasteiger partial charge in [-0.1, -0.05) is 12.1 Å². The molecular weight excluding hydrogens is 290 g/mol. The summed E-state index contributed by atoms with van der Waals surface area (Å²) in [6, 6.07) is 7.62. The number of carbonyl (C=O) groups is 2. The van der Waals surface area contributed by atoms with Gasteiger partial charge in [0.15, 0.2) is 0 Å². The Labute approximate surface area is 138 Å². The lowest BCUT2D eigenvalue weighted by Gasteiger charge is -2.18. The molecule has 3 N–H and O–H groups in total. The van der Waals surface area contributed by atoms with Crippen LogP contribution in [0.5, 0.6) is 0 Å². The largest absolute Gasteiger partial charge is 0.352 e. The fourth-order valence-electron chi connectivity index (χ4n) is 3.05. The van der Waals surface area contributed by atoms with E-state index in [-0.39, 0.29) is 23.8 Å². The van der Waals surface area contributed by atoms with E-state index in [9.17, 15) is 9.59 Å². The first kappa shape index (κ1) is 17.5. The van der Waals surface area contributed by atoms with E-state index in [1.54, 1.807) is 4.90 Å². The van der Waals surface area contributed by atoms with Crippen LogP contribution in [0.3, 0.4) is 0 Å². The van der Waals surface area contributed by atoms with Crippen molar-refractivity contribution in [1.82, 2.24) is 10.2 Å². The van der Waals surface area contributed by atoms with E-state index < -0.39 is 0 Å². The molecule has 1 saturated carbocycles. The third kappa shape index (κ3) is 4.55. The Morgan fingerprint density at radius 2 is 1.83 bits per heavy atom. The molecule has 0 heterocycles. The molecule has 0 aromatic heterocycles. The number of hydrogen-bond donors (Lipinski definition) is 2. The molecule has 2 unspecified atom stereocenters. The maximum absolute atomic E-state index is 12.2. The molecular formula is C18H27N3O2. The molecule has 1 aromatic rings. The van der Waals surface area contributed by atoms with Crippen LogP contribution >= 0.6 is 0 Å². The summed E-state index contributed by atoms with van der Waals surface area (Å²) >= 11 is 0. The molecule has 0 saturated heterocycles. The molecule has 126 valence electrons. The van der Waals surface area contributed by atoms with Crippen molar-refractivity contribution in [3.8, 4) is 0 Å². The second-order valence-corrected chi connectivity index (χ2v) is 6.16. The van der Waals surface area contributed by atoms with Gasteiger partial charge < -0.3 is 16.0 Å². The molecule has 0 spiro atoms. The van der Waals surface area contributed by atoms with Crippen LogP contribution in [0.1, 0.15) is 49.0 Å². The van der Waals surface area contributed by atoms with Crippen LogP contribution in [0, 0.1) is 5.92 Å². The fraction of sp³-hybridized carbons (Fsp3) is 0.556. The van der Waals surface area contributed by atoms with Crippen molar-refractivity contribution in [2.75, 3.05) is 13.1 Å². The Bertz CT molecular complexity index is 538. The summed E-state index contributed by atoms with van der Waals surface area (Å²) in [7, 11) is 0. The maximum atomic E-state index is 12.2. The summed E-state index contributed by atoms with van der Waals surface area (Å²) in [6.45, 7) is 5.85. The van der Waals surface area contributed by atoms with Crippen LogP contribution in [0.4, 0.5) is 0 Å². The lowest BCUT2D eigenvalue weighted by Crippen LogP contribution is -2.31. The molecule has 1 fully saturated rings. The van der Waals surface area contributed by atoms with Crippen molar-refractivity contribution >= 4 is 11.8 Å². The van der Waals surface area contributed by atoms with Gasteiger partial charge >= 0.3 is 0 Å². The first-order chi connectivity index (χ1) is 11.0. The van der Waals surface area contributed by atoms with Crippen molar-refractivity contribution in [2.45, 2.75) is 45.7 Å². The van der Waals surface area contributed by atoms with E-state index >= 15 is 0 Å². The minimum Gasteiger partial charge on any atom is -0.352 e. The van der Waals surface area contributed by atoms with Gasteiger partial charge in [0.1, 0.15) is 0 Å². The zero-order valence-electron chi connectivity index (χ0n) is 14.0. The van der Waals surface area contributed by atoms with E-state index in [1.807, 2.05) is 38.1 Å². The third-order valence-electron chi connectivity index (χ3n) is 4.56. The van der Waals surface area contributed by atoms with Gasteiger partial charge in [-0.15, -0.1) is 0 Å². The van der Waals surface area contributed by atoms with Gasteiger partial charge in [-0.05, 0) is 50.8 Å². The molecule has 1 aliphatic rings. The monoisotopic (exact) mass is 317 g/mol. The molecule has 0 aliphatic heterocycles. The Morgan fingerprint density at radius 3 is 2.35 bits per heavy atom. The number of nitrogens with two attached hydrogens (primary N) is 1. The predicted molar refractivity (Wildman–Crippen MR) is 90.9 cm³/mol. The molecule has 1 aromatic carbocycles. The van der Waals surface area contributed by atoms with Gasteiger partial charge in [-0.25, -0.2) is 0 Å². The van der Waals surface area contributed by atoms with Gasteiger partial charge in [0.2, 0.25) is 5.91 Å². The van der Waals surface area contributed by atoms with Crippen LogP contribution in [-0.4, -0.2) is 35.8 Å². The lowest BCUT2D eigenvalue weighted by molar-refractivity contribution is -0.125. The summed E-state index contributed by atoms with van der Waals surface area (Å²) in [5, 5.41) is 2.97. The van der Waals surface area contributed by atoms with Crippen molar-refractivity contribution in [3.63, 3.8) is 0 Å². The highest BCUT2D eigenvalue weighted by Crippen LogP contribution is 2.24. The van der Waals surface area contributed by atoms with E-state index in [1.165, 1.54) is 0 Å². The Morgan fingerprint density at radius 1 is 1.17 bits per heavy atom. The van der Waals surface area contributed by atoms with E-state index in [4.69, 9.17) is 5.73 Å². The highest BCUT2D eigenvalue weighted by Gasteiger charge is 2.27. The molecule has 2 amide bonds. The zero-order chi connectivity index (χ0) is 16.8. The molecule has 2 rings (SSSR count). The first-order valence-corrected chi connectivity index (χ1v) is 8.46. The van der Waals surface area contributed by atoms with E-state index in [2.05, 4.69) is 5.32 Å². The van der Waals surface area contributed by atoms with Gasteiger partial charge in [-0.3, -0.25) is 9.59 Å². The number of hydrogen-bond acceptors (Lipinski definition) is 3. The van der Waals surface area contributed by atoms with E-state index in [0.29, 0.717) is 25.2 Å². The minimum atomic E-state index is 0.0468. The number of nitrogens with one attached hydrogen (secondary N) is 1. The summed E-state index contributed by atoms with van der Waals surface area (Å²) in [6.07, 6.45) is 2.59. The molecule has 1 aliphatic carbocycles. The Hall–Kier alpha value is -1.88. The SMILES string of the molecule is CCN(CC)C(=O)c1ccc(CNC(=O)C2CCC(N)C2)cc1. The van der Waals surface area contributed by atoms with Gasteiger partial charge in [-0.2, -0.15) is 0 Å².